The van der Waals surface area contributed by atoms with E-state index in [-0.39, 0.29) is 5.41 Å². The van der Waals surface area contributed by atoms with E-state index < -0.39 is 12.1 Å². The molecule has 5 rings (SSSR count). The third-order valence-electron chi connectivity index (χ3n) is 8.26. The maximum Gasteiger partial charge on any atom is 0.490 e. The van der Waals surface area contributed by atoms with Gasteiger partial charge in [0.15, 0.2) is 5.11 Å². The van der Waals surface area contributed by atoms with Crippen molar-refractivity contribution >= 4 is 40.4 Å². The van der Waals surface area contributed by atoms with Gasteiger partial charge in [-0.2, -0.15) is 13.2 Å². The molecule has 7 nitrogen and oxygen atoms in total. The molecule has 2 fully saturated rings. The van der Waals surface area contributed by atoms with Crippen LogP contribution in [0.25, 0.3) is 0 Å². The number of halogens is 3. The maximum absolute atomic E-state index is 11.1. The summed E-state index contributed by atoms with van der Waals surface area (Å²) >= 11 is 5.47. The van der Waals surface area contributed by atoms with E-state index in [9.17, 15) is 18.3 Å². The second-order valence-corrected chi connectivity index (χ2v) is 11.2. The average molecular weight is 579 g/mol. The number of para-hydroxylation sites is 2. The lowest BCUT2D eigenvalue weighted by atomic mass is 9.53. The Morgan fingerprint density at radius 2 is 1.88 bits per heavy atom. The number of carboxylic acid groups (broad SMARTS) is 1. The predicted octanol–water partition coefficient (Wildman–Crippen LogP) is 6.20. The molecule has 1 aliphatic heterocycles. The van der Waals surface area contributed by atoms with Crippen molar-refractivity contribution in [2.45, 2.75) is 75.9 Å². The van der Waals surface area contributed by atoms with Crippen molar-refractivity contribution in [2.75, 3.05) is 23.7 Å². The van der Waals surface area contributed by atoms with Crippen molar-refractivity contribution in [1.29, 1.82) is 0 Å². The molecule has 11 heteroatoms. The molecule has 1 saturated carbocycles. The minimum Gasteiger partial charge on any atom is -0.506 e. The summed E-state index contributed by atoms with van der Waals surface area (Å²) in [6, 6.07) is 12.8. The Hall–Kier alpha value is -3.05. The lowest BCUT2D eigenvalue weighted by molar-refractivity contribution is -0.192. The quantitative estimate of drug-likeness (QED) is 0.137. The highest BCUT2D eigenvalue weighted by Gasteiger charge is 2.51. The van der Waals surface area contributed by atoms with E-state index in [1.807, 2.05) is 24.3 Å². The largest absolute Gasteiger partial charge is 0.506 e. The first kappa shape index (κ1) is 29.9. The maximum atomic E-state index is 11.1. The molecule has 2 aromatic rings. The fourth-order valence-electron chi connectivity index (χ4n) is 6.46. The van der Waals surface area contributed by atoms with Crippen molar-refractivity contribution in [3.8, 4) is 5.75 Å². The number of hydrogen-bond donors (Lipinski definition) is 6. The van der Waals surface area contributed by atoms with Crippen LogP contribution in [0.5, 0.6) is 5.75 Å². The molecule has 1 saturated heterocycles. The van der Waals surface area contributed by atoms with Crippen LogP contribution < -0.4 is 21.3 Å². The lowest BCUT2D eigenvalue weighted by Gasteiger charge is -2.56. The number of aromatic hydroxyl groups is 1. The smallest absolute Gasteiger partial charge is 0.490 e. The van der Waals surface area contributed by atoms with E-state index in [2.05, 4.69) is 40.3 Å². The summed E-state index contributed by atoms with van der Waals surface area (Å²) in [5.41, 5.74) is 5.58. The van der Waals surface area contributed by atoms with Gasteiger partial charge < -0.3 is 31.5 Å². The molecule has 2 bridgehead atoms. The van der Waals surface area contributed by atoms with Crippen molar-refractivity contribution in [3.63, 3.8) is 0 Å². The topological polar surface area (TPSA) is 106 Å². The number of benzene rings is 2. The van der Waals surface area contributed by atoms with Crippen LogP contribution in [0.3, 0.4) is 0 Å². The van der Waals surface area contributed by atoms with Crippen LogP contribution >= 0.6 is 12.2 Å². The molecule has 6 N–H and O–H groups in total. The first-order chi connectivity index (χ1) is 19.0. The number of carboxylic acids is 1. The van der Waals surface area contributed by atoms with Crippen LogP contribution in [0, 0.1) is 5.92 Å². The van der Waals surface area contributed by atoms with E-state index >= 15 is 0 Å². The van der Waals surface area contributed by atoms with E-state index in [4.69, 9.17) is 22.1 Å². The van der Waals surface area contributed by atoms with E-state index in [1.54, 1.807) is 0 Å². The molecule has 218 valence electrons. The van der Waals surface area contributed by atoms with Gasteiger partial charge in [-0.3, -0.25) is 0 Å². The van der Waals surface area contributed by atoms with Gasteiger partial charge in [-0.15, -0.1) is 0 Å². The van der Waals surface area contributed by atoms with Gasteiger partial charge in [0.2, 0.25) is 0 Å². The number of phenols is 1. The molecular weight excluding hydrogens is 541 g/mol. The minimum atomic E-state index is -5.08. The number of anilines is 3. The van der Waals surface area contributed by atoms with Crippen LogP contribution in [-0.4, -0.2) is 46.6 Å². The normalized spacial score (nSPS) is 23.0. The van der Waals surface area contributed by atoms with Gasteiger partial charge in [-0.1, -0.05) is 38.3 Å². The number of unbranched alkanes of at least 4 members (excludes halogenated alkanes) is 1. The number of phenolic OH excluding ortho intramolecular Hbond substituents is 1. The van der Waals surface area contributed by atoms with E-state index in [0.29, 0.717) is 22.8 Å². The zero-order chi connectivity index (χ0) is 28.9. The number of piperidine rings is 1. The second kappa shape index (κ2) is 12.6. The van der Waals surface area contributed by atoms with Gasteiger partial charge in [0.05, 0.1) is 17.1 Å². The SMILES string of the molecule is CCCCNC(=S)Nc1ccccc1Nc1cc2c(cc1O)[C@]13CCCC[C@@H]1[C@H](C2)NCC3.O=C(O)C(F)(F)F. The van der Waals surface area contributed by atoms with Gasteiger partial charge in [0.25, 0.3) is 0 Å². The zero-order valence-electron chi connectivity index (χ0n) is 22.5. The summed E-state index contributed by atoms with van der Waals surface area (Å²) in [6.45, 7) is 4.12. The summed E-state index contributed by atoms with van der Waals surface area (Å²) in [5, 5.41) is 32.7. The highest BCUT2D eigenvalue weighted by molar-refractivity contribution is 7.80. The monoisotopic (exact) mass is 578 g/mol. The summed E-state index contributed by atoms with van der Waals surface area (Å²) in [5.74, 6) is -1.72. The van der Waals surface area contributed by atoms with Crippen molar-refractivity contribution in [1.82, 2.24) is 10.6 Å². The fraction of sp³-hybridized carbons (Fsp3) is 0.517. The van der Waals surface area contributed by atoms with Gasteiger partial charge in [0.1, 0.15) is 5.75 Å². The number of thiocarbonyl (C=S) groups is 1. The fourth-order valence-corrected chi connectivity index (χ4v) is 6.68. The third-order valence-corrected chi connectivity index (χ3v) is 8.51. The molecular formula is C29H37F3N4O3S. The summed E-state index contributed by atoms with van der Waals surface area (Å²) in [6.07, 6.45) is 4.56. The van der Waals surface area contributed by atoms with Crippen LogP contribution in [0.15, 0.2) is 36.4 Å². The molecule has 0 radical (unpaired) electrons. The Balaban J connectivity index is 0.000000470. The first-order valence-corrected chi connectivity index (χ1v) is 14.3. The molecule has 0 spiro atoms. The van der Waals surface area contributed by atoms with Gasteiger partial charge in [-0.05, 0) is 92.2 Å². The number of nitrogens with one attached hydrogen (secondary N) is 4. The Morgan fingerprint density at radius 3 is 2.58 bits per heavy atom. The van der Waals surface area contributed by atoms with Gasteiger partial charge >= 0.3 is 12.1 Å². The molecule has 0 unspecified atom stereocenters. The van der Waals surface area contributed by atoms with Crippen molar-refractivity contribution in [3.05, 3.63) is 47.5 Å². The second-order valence-electron chi connectivity index (χ2n) is 10.8. The number of carbonyl (C=O) groups is 1. The average Bonchev–Trinajstić information content (AvgIpc) is 2.91. The van der Waals surface area contributed by atoms with Crippen LogP contribution in [0.1, 0.15) is 63.0 Å². The summed E-state index contributed by atoms with van der Waals surface area (Å²) < 4.78 is 31.7. The molecule has 3 aliphatic rings. The van der Waals surface area contributed by atoms with Crippen LogP contribution in [-0.2, 0) is 16.6 Å². The number of hydrogen-bond acceptors (Lipinski definition) is 5. The summed E-state index contributed by atoms with van der Waals surface area (Å²) in [7, 11) is 0. The molecule has 3 atom stereocenters. The number of rotatable bonds is 6. The lowest BCUT2D eigenvalue weighted by Crippen LogP contribution is -2.59. The molecule has 2 aliphatic carbocycles. The molecule has 40 heavy (non-hydrogen) atoms. The Kier molecular flexibility index (Phi) is 9.45. The van der Waals surface area contributed by atoms with Gasteiger partial charge in [-0.25, -0.2) is 4.79 Å². The molecule has 0 amide bonds. The van der Waals surface area contributed by atoms with Crippen LogP contribution in [0.2, 0.25) is 0 Å². The third kappa shape index (κ3) is 6.63. The van der Waals surface area contributed by atoms with E-state index in [1.165, 1.54) is 43.2 Å². The summed E-state index contributed by atoms with van der Waals surface area (Å²) in [4.78, 5) is 8.90. The highest BCUT2D eigenvalue weighted by Crippen LogP contribution is 2.55. The standard InChI is InChI=1S/C27H36N4OS.C2HF3O2/c1-2-3-13-29-26(33)31-22-10-5-4-9-21(22)30-24-16-18-15-23-19-8-6-7-11-27(19,12-14-28-23)20(18)17-25(24)32;3-2(4,5)1(6)7/h4-5,9-10,16-17,19,23,28,30,32H,2-3,6-8,11-15H2,1H3,(H2,29,31,33);(H,6,7)/t19-,23+,27+;/m1./s1. The van der Waals surface area contributed by atoms with Gasteiger partial charge in [0, 0.05) is 18.0 Å². The Bertz CT molecular complexity index is 1220. The highest BCUT2D eigenvalue weighted by atomic mass is 32.1. The zero-order valence-corrected chi connectivity index (χ0v) is 23.4. The number of aliphatic carboxylic acids is 1. The molecule has 1 heterocycles. The van der Waals surface area contributed by atoms with Crippen molar-refractivity contribution in [2.24, 2.45) is 5.92 Å². The minimum absolute atomic E-state index is 0.244. The number of fused-ring (bicyclic) bond motifs is 1. The van der Waals surface area contributed by atoms with E-state index in [0.717, 1.165) is 49.4 Å². The molecule has 0 aromatic heterocycles. The first-order valence-electron chi connectivity index (χ1n) is 13.9. The van der Waals surface area contributed by atoms with Crippen LogP contribution in [0.4, 0.5) is 30.2 Å². The van der Waals surface area contributed by atoms with Crippen molar-refractivity contribution < 1.29 is 28.2 Å². The number of alkyl halides is 3. The molecule has 2 aromatic carbocycles. The predicted molar refractivity (Wildman–Crippen MR) is 154 cm³/mol. The Labute approximate surface area is 237 Å². The Morgan fingerprint density at radius 1 is 1.15 bits per heavy atom.